The largest absolute Gasteiger partial charge is 0.491 e. The van der Waals surface area contributed by atoms with Crippen LogP contribution in [0.25, 0.3) is 0 Å². The monoisotopic (exact) mass is 294 g/mol. The lowest BCUT2D eigenvalue weighted by molar-refractivity contribution is -0.139. The molecule has 4 N–H and O–H groups in total. The van der Waals surface area contributed by atoms with Crippen molar-refractivity contribution in [1.82, 2.24) is 5.32 Å². The van der Waals surface area contributed by atoms with Gasteiger partial charge < -0.3 is 20.9 Å². The summed E-state index contributed by atoms with van der Waals surface area (Å²) in [5.74, 6) is -0.817. The molecule has 1 aromatic rings. The van der Waals surface area contributed by atoms with E-state index in [2.05, 4.69) is 5.32 Å². The standard InChI is InChI=1S/C15H22N2O4/c1-9(2)21-12-6-4-11(5-7-12)10(3)17-15(20)13(16)8-14(18)19/h4-7,9-10,13H,8,16H2,1-3H3,(H,17,20)(H,18,19). The Bertz CT molecular complexity index is 485. The van der Waals surface area contributed by atoms with Gasteiger partial charge in [-0.3, -0.25) is 9.59 Å². The lowest BCUT2D eigenvalue weighted by atomic mass is 10.1. The summed E-state index contributed by atoms with van der Waals surface area (Å²) in [6.07, 6.45) is -0.290. The normalized spacial score (nSPS) is 13.6. The van der Waals surface area contributed by atoms with Crippen molar-refractivity contribution in [2.24, 2.45) is 5.73 Å². The van der Waals surface area contributed by atoms with Crippen molar-refractivity contribution in [3.63, 3.8) is 0 Å². The molecule has 1 aromatic carbocycles. The predicted octanol–water partition coefficient (Wildman–Crippen LogP) is 1.45. The zero-order chi connectivity index (χ0) is 16.0. The Morgan fingerprint density at radius 2 is 1.81 bits per heavy atom. The zero-order valence-electron chi connectivity index (χ0n) is 12.5. The molecule has 0 radical (unpaired) electrons. The van der Waals surface area contributed by atoms with E-state index in [1.807, 2.05) is 45.0 Å². The summed E-state index contributed by atoms with van der Waals surface area (Å²) in [7, 11) is 0. The number of carbonyl (C=O) groups is 2. The molecule has 1 rings (SSSR count). The van der Waals surface area contributed by atoms with Gasteiger partial charge in [0.05, 0.1) is 24.6 Å². The molecule has 0 saturated carbocycles. The molecule has 116 valence electrons. The number of hydrogen-bond acceptors (Lipinski definition) is 4. The first-order valence-corrected chi connectivity index (χ1v) is 6.84. The molecular formula is C15H22N2O4. The van der Waals surface area contributed by atoms with Crippen LogP contribution in [-0.2, 0) is 9.59 Å². The Kier molecular flexibility index (Phi) is 6.17. The van der Waals surface area contributed by atoms with E-state index in [0.717, 1.165) is 11.3 Å². The smallest absolute Gasteiger partial charge is 0.305 e. The lowest BCUT2D eigenvalue weighted by Crippen LogP contribution is -2.42. The molecule has 0 heterocycles. The molecule has 6 heteroatoms. The minimum Gasteiger partial charge on any atom is -0.491 e. The number of benzene rings is 1. The van der Waals surface area contributed by atoms with E-state index in [1.54, 1.807) is 0 Å². The lowest BCUT2D eigenvalue weighted by Gasteiger charge is -2.18. The number of amides is 1. The second-order valence-electron chi connectivity index (χ2n) is 5.17. The van der Waals surface area contributed by atoms with Gasteiger partial charge in [-0.05, 0) is 38.5 Å². The first-order chi connectivity index (χ1) is 9.79. The average molecular weight is 294 g/mol. The zero-order valence-corrected chi connectivity index (χ0v) is 12.5. The van der Waals surface area contributed by atoms with Crippen LogP contribution in [0.5, 0.6) is 5.75 Å². The number of hydrogen-bond donors (Lipinski definition) is 3. The summed E-state index contributed by atoms with van der Waals surface area (Å²) in [6, 6.07) is 6.06. The number of carboxylic acids is 1. The van der Waals surface area contributed by atoms with Crippen LogP contribution in [0.4, 0.5) is 0 Å². The summed E-state index contributed by atoms with van der Waals surface area (Å²) >= 11 is 0. The molecular weight excluding hydrogens is 272 g/mol. The molecule has 0 aliphatic rings. The maximum absolute atomic E-state index is 11.8. The van der Waals surface area contributed by atoms with Crippen molar-refractivity contribution in [2.45, 2.75) is 45.4 Å². The quantitative estimate of drug-likeness (QED) is 0.706. The number of nitrogens with one attached hydrogen (secondary N) is 1. The highest BCUT2D eigenvalue weighted by atomic mass is 16.5. The third-order valence-electron chi connectivity index (χ3n) is 2.84. The van der Waals surface area contributed by atoms with Crippen molar-refractivity contribution in [1.29, 1.82) is 0 Å². The number of ether oxygens (including phenoxy) is 1. The second kappa shape index (κ2) is 7.64. The van der Waals surface area contributed by atoms with E-state index < -0.39 is 17.9 Å². The van der Waals surface area contributed by atoms with E-state index >= 15 is 0 Å². The van der Waals surface area contributed by atoms with Gasteiger partial charge >= 0.3 is 5.97 Å². The highest BCUT2D eigenvalue weighted by molar-refractivity contribution is 5.86. The molecule has 2 atom stereocenters. The molecule has 0 bridgehead atoms. The fraction of sp³-hybridized carbons (Fsp3) is 0.467. The highest BCUT2D eigenvalue weighted by Crippen LogP contribution is 2.18. The van der Waals surface area contributed by atoms with Crippen LogP contribution in [-0.4, -0.2) is 29.1 Å². The molecule has 0 aliphatic carbocycles. The highest BCUT2D eigenvalue weighted by Gasteiger charge is 2.19. The van der Waals surface area contributed by atoms with Crippen molar-refractivity contribution >= 4 is 11.9 Å². The Morgan fingerprint density at radius 1 is 1.24 bits per heavy atom. The summed E-state index contributed by atoms with van der Waals surface area (Å²) in [5.41, 5.74) is 6.40. The van der Waals surface area contributed by atoms with Gasteiger partial charge in [0, 0.05) is 0 Å². The van der Waals surface area contributed by atoms with Crippen molar-refractivity contribution < 1.29 is 19.4 Å². The van der Waals surface area contributed by atoms with Crippen LogP contribution in [0, 0.1) is 0 Å². The van der Waals surface area contributed by atoms with Gasteiger partial charge in [-0.1, -0.05) is 12.1 Å². The topological polar surface area (TPSA) is 102 Å². The third kappa shape index (κ3) is 5.83. The molecule has 1 amide bonds. The van der Waals surface area contributed by atoms with Gasteiger partial charge in [0.1, 0.15) is 5.75 Å². The van der Waals surface area contributed by atoms with Crippen LogP contribution < -0.4 is 15.8 Å². The van der Waals surface area contributed by atoms with E-state index in [1.165, 1.54) is 0 Å². The van der Waals surface area contributed by atoms with Gasteiger partial charge in [-0.15, -0.1) is 0 Å². The van der Waals surface area contributed by atoms with E-state index in [0.29, 0.717) is 0 Å². The van der Waals surface area contributed by atoms with Gasteiger partial charge in [0.2, 0.25) is 5.91 Å². The van der Waals surface area contributed by atoms with Crippen LogP contribution in [0.15, 0.2) is 24.3 Å². The minimum atomic E-state index is -1.10. The molecule has 2 unspecified atom stereocenters. The van der Waals surface area contributed by atoms with Gasteiger partial charge in [-0.2, -0.15) is 0 Å². The first kappa shape index (κ1) is 17.0. The van der Waals surface area contributed by atoms with Crippen molar-refractivity contribution in [2.75, 3.05) is 0 Å². The van der Waals surface area contributed by atoms with Crippen LogP contribution >= 0.6 is 0 Å². The number of aliphatic carboxylic acids is 1. The van der Waals surface area contributed by atoms with Crippen molar-refractivity contribution in [3.05, 3.63) is 29.8 Å². The Balaban J connectivity index is 2.60. The maximum Gasteiger partial charge on any atom is 0.305 e. The Morgan fingerprint density at radius 3 is 2.29 bits per heavy atom. The number of nitrogens with two attached hydrogens (primary N) is 1. The Labute approximate surface area is 124 Å². The van der Waals surface area contributed by atoms with Gasteiger partial charge in [-0.25, -0.2) is 0 Å². The van der Waals surface area contributed by atoms with Gasteiger partial charge in [0.15, 0.2) is 0 Å². The fourth-order valence-corrected chi connectivity index (χ4v) is 1.79. The molecule has 21 heavy (non-hydrogen) atoms. The number of carbonyl (C=O) groups excluding carboxylic acids is 1. The molecule has 0 aromatic heterocycles. The summed E-state index contributed by atoms with van der Waals surface area (Å²) < 4.78 is 5.54. The van der Waals surface area contributed by atoms with Crippen LogP contribution in [0.3, 0.4) is 0 Å². The molecule has 6 nitrogen and oxygen atoms in total. The molecule has 0 fully saturated rings. The Hall–Kier alpha value is -2.08. The predicted molar refractivity (Wildman–Crippen MR) is 79.0 cm³/mol. The summed E-state index contributed by atoms with van der Waals surface area (Å²) in [4.78, 5) is 22.3. The summed E-state index contributed by atoms with van der Waals surface area (Å²) in [6.45, 7) is 5.70. The van der Waals surface area contributed by atoms with E-state index in [-0.39, 0.29) is 18.6 Å². The maximum atomic E-state index is 11.8. The minimum absolute atomic E-state index is 0.0991. The van der Waals surface area contributed by atoms with E-state index in [4.69, 9.17) is 15.6 Å². The second-order valence-corrected chi connectivity index (χ2v) is 5.17. The number of rotatable bonds is 7. The summed E-state index contributed by atoms with van der Waals surface area (Å²) in [5, 5.41) is 11.3. The molecule has 0 spiro atoms. The van der Waals surface area contributed by atoms with Gasteiger partial charge in [0.25, 0.3) is 0 Å². The first-order valence-electron chi connectivity index (χ1n) is 6.84. The van der Waals surface area contributed by atoms with Crippen LogP contribution in [0.2, 0.25) is 0 Å². The van der Waals surface area contributed by atoms with E-state index in [9.17, 15) is 9.59 Å². The average Bonchev–Trinajstić information content (AvgIpc) is 2.37. The molecule has 0 saturated heterocycles. The molecule has 0 aliphatic heterocycles. The SMILES string of the molecule is CC(C)Oc1ccc(C(C)NC(=O)C(N)CC(=O)O)cc1. The fourth-order valence-electron chi connectivity index (χ4n) is 1.79. The third-order valence-corrected chi connectivity index (χ3v) is 2.84. The van der Waals surface area contributed by atoms with Crippen LogP contribution in [0.1, 0.15) is 38.8 Å². The van der Waals surface area contributed by atoms with Crippen molar-refractivity contribution in [3.8, 4) is 5.75 Å². The number of carboxylic acid groups (broad SMARTS) is 1.